The molecule has 2 N–H and O–H groups in total. The molecule has 0 saturated carbocycles. The summed E-state index contributed by atoms with van der Waals surface area (Å²) in [5.74, 6) is 0.0378. The minimum absolute atomic E-state index is 0.234. The van der Waals surface area contributed by atoms with Gasteiger partial charge >= 0.3 is 6.18 Å². The highest BCUT2D eigenvalue weighted by Crippen LogP contribution is 2.35. The molecule has 3 aromatic heterocycles. The second-order valence-corrected chi connectivity index (χ2v) is 7.83. The summed E-state index contributed by atoms with van der Waals surface area (Å²) in [5, 5.41) is 0. The first kappa shape index (κ1) is 20.2. The van der Waals surface area contributed by atoms with E-state index in [1.165, 1.54) is 18.3 Å². The van der Waals surface area contributed by atoms with Crippen molar-refractivity contribution >= 4 is 28.3 Å². The predicted molar refractivity (Wildman–Crippen MR) is 112 cm³/mol. The number of benzene rings is 1. The fraction of sp³-hybridized carbons (Fsp3) is 0.273. The van der Waals surface area contributed by atoms with Crippen LogP contribution in [0.2, 0.25) is 0 Å². The van der Waals surface area contributed by atoms with Crippen LogP contribution in [0, 0.1) is 0 Å². The largest absolute Gasteiger partial charge is 0.416 e. The van der Waals surface area contributed by atoms with E-state index in [-0.39, 0.29) is 17.6 Å². The van der Waals surface area contributed by atoms with E-state index >= 15 is 0 Å². The first-order chi connectivity index (χ1) is 15.3. The molecule has 10 heteroatoms. The highest BCUT2D eigenvalue weighted by Gasteiger charge is 2.32. The number of hydrogen-bond donors (Lipinski definition) is 1. The molecule has 1 atom stereocenters. The molecule has 4 heterocycles. The van der Waals surface area contributed by atoms with E-state index in [9.17, 15) is 18.0 Å². The van der Waals surface area contributed by atoms with Gasteiger partial charge in [0.15, 0.2) is 0 Å². The number of anilines is 1. The lowest BCUT2D eigenvalue weighted by Crippen LogP contribution is -2.39. The molecule has 32 heavy (non-hydrogen) atoms. The van der Waals surface area contributed by atoms with Gasteiger partial charge in [-0.1, -0.05) is 12.1 Å². The van der Waals surface area contributed by atoms with Gasteiger partial charge in [-0.05, 0) is 43.0 Å². The van der Waals surface area contributed by atoms with Gasteiger partial charge in [-0.15, -0.1) is 0 Å². The van der Waals surface area contributed by atoms with E-state index in [1.54, 1.807) is 27.9 Å². The molecule has 0 radical (unpaired) electrons. The van der Waals surface area contributed by atoms with E-state index in [2.05, 4.69) is 15.0 Å². The fourth-order valence-electron chi connectivity index (χ4n) is 4.26. The van der Waals surface area contributed by atoms with Crippen LogP contribution >= 0.6 is 0 Å². The van der Waals surface area contributed by atoms with Crippen molar-refractivity contribution in [3.8, 4) is 0 Å². The summed E-state index contributed by atoms with van der Waals surface area (Å²) < 4.78 is 40.6. The number of rotatable bonds is 2. The number of carbonyl (C=O) groups excluding carboxylic acids is 1. The molecule has 1 fully saturated rings. The third kappa shape index (κ3) is 3.41. The standard InChI is InChI=1S/C22H19F3N6O/c23-22(24,25)14-6-4-13(5-7-14)17-3-1-2-8-30(17)21(32)15-9-18-16(10-28-15)29-20(26)19-11-27-12-31(18)19/h4-7,9-12,17H,1-3,8H2,(H2,26,29)/t17-/m1/s1. The van der Waals surface area contributed by atoms with Crippen molar-refractivity contribution in [1.29, 1.82) is 0 Å². The van der Waals surface area contributed by atoms with Crippen LogP contribution < -0.4 is 5.73 Å². The Kier molecular flexibility index (Phi) is 4.72. The van der Waals surface area contributed by atoms with Gasteiger partial charge in [0.25, 0.3) is 5.91 Å². The van der Waals surface area contributed by atoms with E-state index in [0.29, 0.717) is 40.9 Å². The summed E-state index contributed by atoms with van der Waals surface area (Å²) in [5.41, 5.74) is 7.97. The van der Waals surface area contributed by atoms with Gasteiger partial charge < -0.3 is 10.6 Å². The Morgan fingerprint density at radius 1 is 1.09 bits per heavy atom. The highest BCUT2D eigenvalue weighted by atomic mass is 19.4. The van der Waals surface area contributed by atoms with Crippen LogP contribution in [0.15, 0.2) is 49.1 Å². The van der Waals surface area contributed by atoms with E-state index in [1.807, 2.05) is 0 Å². The lowest BCUT2D eigenvalue weighted by Gasteiger charge is -2.36. The zero-order valence-electron chi connectivity index (χ0n) is 16.9. The van der Waals surface area contributed by atoms with Crippen molar-refractivity contribution in [1.82, 2.24) is 24.3 Å². The molecule has 4 aromatic rings. The number of halogens is 3. The number of piperidine rings is 1. The molecule has 1 aromatic carbocycles. The zero-order valence-corrected chi connectivity index (χ0v) is 16.9. The average Bonchev–Trinajstić information content (AvgIpc) is 3.29. The van der Waals surface area contributed by atoms with Crippen molar-refractivity contribution in [2.45, 2.75) is 31.5 Å². The number of nitrogens with two attached hydrogens (primary N) is 1. The van der Waals surface area contributed by atoms with Crippen LogP contribution in [0.4, 0.5) is 19.0 Å². The normalized spacial score (nSPS) is 17.2. The van der Waals surface area contributed by atoms with Gasteiger partial charge in [-0.3, -0.25) is 9.20 Å². The summed E-state index contributed by atoms with van der Waals surface area (Å²) >= 11 is 0. The first-order valence-electron chi connectivity index (χ1n) is 10.2. The van der Waals surface area contributed by atoms with Crippen molar-refractivity contribution < 1.29 is 18.0 Å². The Morgan fingerprint density at radius 2 is 1.88 bits per heavy atom. The van der Waals surface area contributed by atoms with Crippen LogP contribution in [-0.2, 0) is 6.18 Å². The average molecular weight is 440 g/mol. The van der Waals surface area contributed by atoms with Crippen LogP contribution in [0.1, 0.15) is 46.9 Å². The first-order valence-corrected chi connectivity index (χ1v) is 10.2. The van der Waals surface area contributed by atoms with Crippen molar-refractivity contribution in [2.24, 2.45) is 0 Å². The van der Waals surface area contributed by atoms with E-state index in [0.717, 1.165) is 25.0 Å². The Balaban J connectivity index is 1.50. The lowest BCUT2D eigenvalue weighted by molar-refractivity contribution is -0.137. The number of amides is 1. The number of alkyl halides is 3. The smallest absolute Gasteiger partial charge is 0.382 e. The van der Waals surface area contributed by atoms with Gasteiger partial charge in [0.2, 0.25) is 0 Å². The predicted octanol–water partition coefficient (Wildman–Crippen LogP) is 4.25. The van der Waals surface area contributed by atoms with Gasteiger partial charge in [-0.25, -0.2) is 15.0 Å². The summed E-state index contributed by atoms with van der Waals surface area (Å²) in [6.07, 6.45) is 2.67. The molecular formula is C22H19F3N6O. The second-order valence-electron chi connectivity index (χ2n) is 7.83. The fourth-order valence-corrected chi connectivity index (χ4v) is 4.26. The molecule has 0 aliphatic carbocycles. The summed E-state index contributed by atoms with van der Waals surface area (Å²) in [6.45, 7) is 0.505. The number of aromatic nitrogens is 4. The molecule has 0 bridgehead atoms. The molecule has 1 amide bonds. The number of nitrogens with zero attached hydrogens (tertiary/aromatic N) is 5. The molecular weight excluding hydrogens is 421 g/mol. The quantitative estimate of drug-likeness (QED) is 0.504. The second kappa shape index (κ2) is 7.47. The van der Waals surface area contributed by atoms with Gasteiger partial charge in [0, 0.05) is 6.54 Å². The van der Waals surface area contributed by atoms with Crippen molar-refractivity contribution in [3.63, 3.8) is 0 Å². The summed E-state index contributed by atoms with van der Waals surface area (Å²) in [7, 11) is 0. The Labute approximate surface area is 180 Å². The Hall–Kier alpha value is -3.69. The topological polar surface area (TPSA) is 89.4 Å². The molecule has 7 nitrogen and oxygen atoms in total. The maximum absolute atomic E-state index is 13.4. The van der Waals surface area contributed by atoms with Gasteiger partial charge in [-0.2, -0.15) is 13.2 Å². The third-order valence-corrected chi connectivity index (χ3v) is 5.87. The molecule has 1 saturated heterocycles. The lowest BCUT2D eigenvalue weighted by atomic mass is 9.94. The van der Waals surface area contributed by atoms with Crippen LogP contribution in [-0.4, -0.2) is 36.7 Å². The zero-order chi connectivity index (χ0) is 22.5. The number of carbonyl (C=O) groups is 1. The van der Waals surface area contributed by atoms with Gasteiger partial charge in [0.1, 0.15) is 22.5 Å². The summed E-state index contributed by atoms with van der Waals surface area (Å²) in [6, 6.07) is 6.37. The highest BCUT2D eigenvalue weighted by molar-refractivity contribution is 5.96. The molecule has 0 spiro atoms. The maximum Gasteiger partial charge on any atom is 0.416 e. The number of hydrogen-bond acceptors (Lipinski definition) is 5. The minimum Gasteiger partial charge on any atom is -0.382 e. The number of imidazole rings is 1. The molecule has 0 unspecified atom stereocenters. The van der Waals surface area contributed by atoms with Gasteiger partial charge in [0.05, 0.1) is 35.8 Å². The molecule has 5 rings (SSSR count). The monoisotopic (exact) mass is 440 g/mol. The third-order valence-electron chi connectivity index (χ3n) is 5.87. The number of nitrogen functional groups attached to an aromatic ring is 1. The number of fused-ring (bicyclic) bond motifs is 3. The van der Waals surface area contributed by atoms with Crippen LogP contribution in [0.25, 0.3) is 16.6 Å². The molecule has 164 valence electrons. The minimum atomic E-state index is -4.40. The van der Waals surface area contributed by atoms with Crippen molar-refractivity contribution in [2.75, 3.05) is 12.3 Å². The van der Waals surface area contributed by atoms with E-state index < -0.39 is 11.7 Å². The van der Waals surface area contributed by atoms with Crippen LogP contribution in [0.3, 0.4) is 0 Å². The number of likely N-dealkylation sites (tertiary alicyclic amines) is 1. The SMILES string of the molecule is Nc1nc2cnc(C(=O)N3CCCC[C@@H]3c3ccc(C(F)(F)F)cc3)cc2n2cncc12. The summed E-state index contributed by atoms with van der Waals surface area (Å²) in [4.78, 5) is 27.8. The Morgan fingerprint density at radius 3 is 2.62 bits per heavy atom. The van der Waals surface area contributed by atoms with E-state index in [4.69, 9.17) is 5.73 Å². The van der Waals surface area contributed by atoms with Crippen molar-refractivity contribution in [3.05, 3.63) is 65.9 Å². The molecule has 1 aliphatic rings. The molecule has 1 aliphatic heterocycles. The Bertz CT molecular complexity index is 1320. The maximum atomic E-state index is 13.4. The van der Waals surface area contributed by atoms with Crippen LogP contribution in [0.5, 0.6) is 0 Å². The number of pyridine rings is 1.